The molecule has 0 unspecified atom stereocenters. The average molecular weight is 529 g/mol. The van der Waals surface area contributed by atoms with Gasteiger partial charge in [0.25, 0.3) is 11.7 Å². The summed E-state index contributed by atoms with van der Waals surface area (Å²) < 4.78 is 11.5. The number of likely N-dealkylation sites (tertiary alicyclic amines) is 1. The van der Waals surface area contributed by atoms with Crippen molar-refractivity contribution in [1.82, 2.24) is 9.80 Å². The van der Waals surface area contributed by atoms with E-state index in [2.05, 4.69) is 20.8 Å². The number of carbonyl (C=O) groups is 2. The summed E-state index contributed by atoms with van der Waals surface area (Å²) in [5.41, 5.74) is 2.14. The number of ketones is 1. The molecule has 2 saturated heterocycles. The molecule has 0 aromatic heterocycles. The molecule has 1 atom stereocenters. The molecule has 2 aromatic rings. The summed E-state index contributed by atoms with van der Waals surface area (Å²) in [6, 6.07) is 12.1. The molecule has 0 spiro atoms. The van der Waals surface area contributed by atoms with Gasteiger partial charge in [-0.15, -0.1) is 0 Å². The number of Topliss-reactive ketones (excluding diaryl/α,β-unsaturated/α-hetero) is 1. The number of hydrogen-bond acceptors (Lipinski definition) is 6. The monoisotopic (exact) mass is 528 g/mol. The molecule has 2 aromatic carbocycles. The van der Waals surface area contributed by atoms with Gasteiger partial charge in [-0.2, -0.15) is 0 Å². The lowest BCUT2D eigenvalue weighted by Crippen LogP contribution is -2.38. The molecule has 2 aliphatic heterocycles. The zero-order valence-electron chi connectivity index (χ0n) is 19.4. The van der Waals surface area contributed by atoms with E-state index in [4.69, 9.17) is 9.47 Å². The van der Waals surface area contributed by atoms with E-state index in [9.17, 15) is 14.7 Å². The van der Waals surface area contributed by atoms with Crippen molar-refractivity contribution in [2.45, 2.75) is 19.4 Å². The Bertz CT molecular complexity index is 1110. The van der Waals surface area contributed by atoms with Gasteiger partial charge in [0.1, 0.15) is 11.5 Å². The first-order valence-corrected chi connectivity index (χ1v) is 12.2. The van der Waals surface area contributed by atoms with Crippen LogP contribution in [0.2, 0.25) is 0 Å². The maximum Gasteiger partial charge on any atom is 0.295 e. The summed E-state index contributed by atoms with van der Waals surface area (Å²) in [5.74, 6) is -0.760. The summed E-state index contributed by atoms with van der Waals surface area (Å²) in [6.45, 7) is 6.22. The van der Waals surface area contributed by atoms with Crippen LogP contribution in [0.1, 0.15) is 29.2 Å². The number of rotatable bonds is 7. The smallest absolute Gasteiger partial charge is 0.295 e. The fourth-order valence-corrected chi connectivity index (χ4v) is 5.01. The van der Waals surface area contributed by atoms with Gasteiger partial charge in [-0.05, 0) is 54.8 Å². The van der Waals surface area contributed by atoms with Crippen molar-refractivity contribution in [2.24, 2.45) is 0 Å². The Morgan fingerprint density at radius 2 is 1.91 bits per heavy atom. The molecule has 0 radical (unpaired) electrons. The van der Waals surface area contributed by atoms with Gasteiger partial charge >= 0.3 is 0 Å². The van der Waals surface area contributed by atoms with Crippen LogP contribution in [-0.2, 0) is 14.3 Å². The normalized spacial score (nSPS) is 20.7. The number of carbonyl (C=O) groups excluding carboxylic acids is 2. The third-order valence-electron chi connectivity index (χ3n) is 6.37. The second-order valence-electron chi connectivity index (χ2n) is 8.54. The highest BCUT2D eigenvalue weighted by atomic mass is 79.9. The zero-order chi connectivity index (χ0) is 24.2. The van der Waals surface area contributed by atoms with Crippen molar-refractivity contribution in [2.75, 3.05) is 46.5 Å². The number of aryl methyl sites for hydroxylation is 1. The van der Waals surface area contributed by atoms with Crippen molar-refractivity contribution >= 4 is 33.4 Å². The first-order chi connectivity index (χ1) is 16.4. The number of ether oxygens (including phenoxy) is 2. The van der Waals surface area contributed by atoms with Crippen molar-refractivity contribution in [3.8, 4) is 5.75 Å². The maximum absolute atomic E-state index is 13.2. The SMILES string of the molecule is COc1ccc(/C(O)=C2\C(=O)C(=O)N(CCCN3CCOCC3)[C@@H]2c2cccc(Br)c2)c(C)c1. The van der Waals surface area contributed by atoms with Crippen molar-refractivity contribution < 1.29 is 24.2 Å². The predicted octanol–water partition coefficient (Wildman–Crippen LogP) is 3.91. The van der Waals surface area contributed by atoms with Crippen LogP contribution < -0.4 is 4.74 Å². The first kappa shape index (κ1) is 24.4. The number of morpholine rings is 1. The second kappa shape index (κ2) is 10.7. The van der Waals surface area contributed by atoms with Crippen LogP contribution >= 0.6 is 15.9 Å². The topological polar surface area (TPSA) is 79.3 Å². The lowest BCUT2D eigenvalue weighted by molar-refractivity contribution is -0.140. The number of hydrogen-bond donors (Lipinski definition) is 1. The maximum atomic E-state index is 13.2. The molecule has 180 valence electrons. The van der Waals surface area contributed by atoms with Crippen molar-refractivity contribution in [3.05, 3.63) is 69.2 Å². The van der Waals surface area contributed by atoms with E-state index in [1.165, 1.54) is 0 Å². The van der Waals surface area contributed by atoms with Crippen LogP contribution in [0.4, 0.5) is 0 Å². The van der Waals surface area contributed by atoms with Gasteiger partial charge in [0.05, 0.1) is 31.9 Å². The van der Waals surface area contributed by atoms with E-state index in [-0.39, 0.29) is 11.3 Å². The lowest BCUT2D eigenvalue weighted by atomic mass is 9.94. The Hall–Kier alpha value is -2.68. The third-order valence-corrected chi connectivity index (χ3v) is 6.86. The Morgan fingerprint density at radius 3 is 2.59 bits per heavy atom. The number of methoxy groups -OCH3 is 1. The summed E-state index contributed by atoms with van der Waals surface area (Å²) in [4.78, 5) is 30.3. The van der Waals surface area contributed by atoms with Crippen LogP contribution in [-0.4, -0.2) is 73.1 Å². The van der Waals surface area contributed by atoms with Gasteiger partial charge in [0, 0.05) is 36.2 Å². The van der Waals surface area contributed by atoms with Crippen LogP contribution in [0.25, 0.3) is 5.76 Å². The molecule has 2 fully saturated rings. The van der Waals surface area contributed by atoms with Crippen LogP contribution in [0.3, 0.4) is 0 Å². The molecule has 8 heteroatoms. The largest absolute Gasteiger partial charge is 0.507 e. The fraction of sp³-hybridized carbons (Fsp3) is 0.385. The summed E-state index contributed by atoms with van der Waals surface area (Å²) in [6.07, 6.45) is 0.721. The van der Waals surface area contributed by atoms with Crippen molar-refractivity contribution in [3.63, 3.8) is 0 Å². The van der Waals surface area contributed by atoms with E-state index >= 15 is 0 Å². The Morgan fingerprint density at radius 1 is 1.15 bits per heavy atom. The van der Waals surface area contributed by atoms with Gasteiger partial charge < -0.3 is 19.5 Å². The minimum Gasteiger partial charge on any atom is -0.507 e. The standard InChI is InChI=1S/C26H29BrN2O5/c1-17-15-20(33-2)7-8-21(17)24(30)22-23(18-5-3-6-19(27)16-18)29(26(32)25(22)31)10-4-9-28-11-13-34-14-12-28/h3,5-8,15-16,23,30H,4,9-14H2,1-2H3/b24-22+/t23-/m1/s1. The Labute approximate surface area is 208 Å². The van der Waals surface area contributed by atoms with Gasteiger partial charge in [0.2, 0.25) is 0 Å². The molecule has 2 heterocycles. The molecule has 7 nitrogen and oxygen atoms in total. The average Bonchev–Trinajstić information content (AvgIpc) is 3.09. The van der Waals surface area contributed by atoms with Crippen molar-refractivity contribution in [1.29, 1.82) is 0 Å². The highest BCUT2D eigenvalue weighted by Gasteiger charge is 2.46. The van der Waals surface area contributed by atoms with Crippen LogP contribution in [0.15, 0.2) is 52.5 Å². The molecule has 34 heavy (non-hydrogen) atoms. The fourth-order valence-electron chi connectivity index (χ4n) is 4.60. The van der Waals surface area contributed by atoms with E-state index in [1.54, 1.807) is 30.2 Å². The van der Waals surface area contributed by atoms with Crippen LogP contribution in [0, 0.1) is 6.92 Å². The second-order valence-corrected chi connectivity index (χ2v) is 9.45. The minimum absolute atomic E-state index is 0.114. The zero-order valence-corrected chi connectivity index (χ0v) is 21.0. The summed E-state index contributed by atoms with van der Waals surface area (Å²) in [5, 5.41) is 11.3. The molecule has 1 amide bonds. The van der Waals surface area contributed by atoms with Gasteiger partial charge in [-0.25, -0.2) is 0 Å². The van der Waals surface area contributed by atoms with Crippen LogP contribution in [0.5, 0.6) is 5.75 Å². The van der Waals surface area contributed by atoms with E-state index in [0.29, 0.717) is 31.1 Å². The number of aliphatic hydroxyl groups is 1. The summed E-state index contributed by atoms with van der Waals surface area (Å²) >= 11 is 3.49. The van der Waals surface area contributed by atoms with Gasteiger partial charge in [0.15, 0.2) is 0 Å². The Balaban J connectivity index is 1.70. The van der Waals surface area contributed by atoms with E-state index in [0.717, 1.165) is 41.7 Å². The number of benzene rings is 2. The lowest BCUT2D eigenvalue weighted by Gasteiger charge is -2.29. The van der Waals surface area contributed by atoms with Gasteiger partial charge in [-0.1, -0.05) is 28.1 Å². The predicted molar refractivity (Wildman–Crippen MR) is 133 cm³/mol. The molecule has 0 bridgehead atoms. The minimum atomic E-state index is -0.663. The third kappa shape index (κ3) is 5.04. The Kier molecular flexibility index (Phi) is 7.70. The molecule has 2 aliphatic rings. The number of nitrogens with zero attached hydrogens (tertiary/aromatic N) is 2. The quantitative estimate of drug-likeness (QED) is 0.333. The van der Waals surface area contributed by atoms with E-state index in [1.807, 2.05) is 31.2 Å². The van der Waals surface area contributed by atoms with Gasteiger partial charge in [-0.3, -0.25) is 14.5 Å². The molecular formula is C26H29BrN2O5. The van der Waals surface area contributed by atoms with E-state index < -0.39 is 17.7 Å². The number of aliphatic hydroxyl groups excluding tert-OH is 1. The first-order valence-electron chi connectivity index (χ1n) is 11.4. The summed E-state index contributed by atoms with van der Waals surface area (Å²) in [7, 11) is 1.57. The molecule has 0 saturated carbocycles. The molecular weight excluding hydrogens is 500 g/mol. The number of amides is 1. The number of halogens is 1. The highest BCUT2D eigenvalue weighted by Crippen LogP contribution is 2.40. The molecule has 0 aliphatic carbocycles. The molecule has 4 rings (SSSR count). The highest BCUT2D eigenvalue weighted by molar-refractivity contribution is 9.10. The molecule has 1 N–H and O–H groups in total.